The number of nitrogens with two attached hydrogens (primary N) is 1. The van der Waals surface area contributed by atoms with Gasteiger partial charge in [0.25, 0.3) is 5.56 Å². The van der Waals surface area contributed by atoms with Gasteiger partial charge < -0.3 is 10.8 Å². The summed E-state index contributed by atoms with van der Waals surface area (Å²) < 4.78 is 27.9. The van der Waals surface area contributed by atoms with E-state index >= 15 is 0 Å². The van der Waals surface area contributed by atoms with Gasteiger partial charge in [-0.2, -0.15) is 5.10 Å². The SMILES string of the molecule is CCC.CO.Nc1cccc(Cn2nc(-c3cc(F)cc(F)c3)ccc2=O)c1. The third kappa shape index (κ3) is 6.92. The molecule has 2 aromatic carbocycles. The van der Waals surface area contributed by atoms with Gasteiger partial charge in [0.15, 0.2) is 0 Å². The standard InChI is InChI=1S/C17H13F2N3O.C3H8.CH4O/c18-13-7-12(8-14(19)9-13)16-4-5-17(23)22(21-16)10-11-2-1-3-15(20)6-11;1-3-2;1-2/h1-9H,10,20H2;3H2,1-2H3;2H,1H3. The van der Waals surface area contributed by atoms with Crippen LogP contribution in [0.5, 0.6) is 0 Å². The molecule has 0 fully saturated rings. The highest BCUT2D eigenvalue weighted by Gasteiger charge is 2.07. The summed E-state index contributed by atoms with van der Waals surface area (Å²) >= 11 is 0. The lowest BCUT2D eigenvalue weighted by Gasteiger charge is -2.08. The summed E-state index contributed by atoms with van der Waals surface area (Å²) in [5.74, 6) is -1.40. The van der Waals surface area contributed by atoms with Gasteiger partial charge in [0, 0.05) is 30.5 Å². The van der Waals surface area contributed by atoms with Crippen LogP contribution in [0.25, 0.3) is 11.3 Å². The number of aliphatic hydroxyl groups is 1. The summed E-state index contributed by atoms with van der Waals surface area (Å²) in [5, 5.41) is 11.2. The van der Waals surface area contributed by atoms with E-state index in [0.29, 0.717) is 11.4 Å². The van der Waals surface area contributed by atoms with Crippen molar-refractivity contribution in [3.8, 4) is 11.3 Å². The number of aromatic nitrogens is 2. The zero-order valence-electron chi connectivity index (χ0n) is 16.2. The minimum absolute atomic E-state index is 0.218. The number of hydrogen-bond donors (Lipinski definition) is 2. The second kappa shape index (κ2) is 11.6. The quantitative estimate of drug-likeness (QED) is 0.667. The number of aliphatic hydroxyl groups excluding tert-OH is 1. The molecule has 0 atom stereocenters. The fourth-order valence-corrected chi connectivity index (χ4v) is 2.28. The van der Waals surface area contributed by atoms with E-state index in [0.717, 1.165) is 18.7 Å². The molecule has 3 N–H and O–H groups in total. The van der Waals surface area contributed by atoms with E-state index in [-0.39, 0.29) is 17.7 Å². The minimum Gasteiger partial charge on any atom is -0.400 e. The van der Waals surface area contributed by atoms with Gasteiger partial charge in [-0.1, -0.05) is 32.4 Å². The van der Waals surface area contributed by atoms with Crippen molar-refractivity contribution >= 4 is 5.69 Å². The van der Waals surface area contributed by atoms with Crippen LogP contribution in [0.15, 0.2) is 59.4 Å². The number of hydrogen-bond acceptors (Lipinski definition) is 4. The Bertz CT molecular complexity index is 923. The van der Waals surface area contributed by atoms with Crippen LogP contribution in [0.2, 0.25) is 0 Å². The van der Waals surface area contributed by atoms with Crippen LogP contribution in [0.3, 0.4) is 0 Å². The van der Waals surface area contributed by atoms with Gasteiger partial charge in [-0.05, 0) is 35.9 Å². The summed E-state index contributed by atoms with van der Waals surface area (Å²) in [6.07, 6.45) is 1.25. The minimum atomic E-state index is -0.699. The second-order valence-electron chi connectivity index (χ2n) is 5.82. The number of halogens is 2. The molecule has 5 nitrogen and oxygen atoms in total. The summed E-state index contributed by atoms with van der Waals surface area (Å²) in [5.41, 5.74) is 7.37. The normalized spacial score (nSPS) is 9.64. The van der Waals surface area contributed by atoms with Crippen LogP contribution in [-0.4, -0.2) is 22.0 Å². The first-order valence-electron chi connectivity index (χ1n) is 8.76. The molecule has 0 radical (unpaired) electrons. The summed E-state index contributed by atoms with van der Waals surface area (Å²) in [4.78, 5) is 11.9. The monoisotopic (exact) mass is 389 g/mol. The number of rotatable bonds is 3. The Labute approximate surface area is 163 Å². The van der Waals surface area contributed by atoms with Gasteiger partial charge in [0.05, 0.1) is 12.2 Å². The van der Waals surface area contributed by atoms with Gasteiger partial charge in [-0.25, -0.2) is 13.5 Å². The van der Waals surface area contributed by atoms with Crippen molar-refractivity contribution in [1.82, 2.24) is 9.78 Å². The number of nitrogen functional groups attached to an aromatic ring is 1. The highest BCUT2D eigenvalue weighted by molar-refractivity contribution is 5.58. The molecule has 150 valence electrons. The first kappa shape index (κ1) is 23.0. The van der Waals surface area contributed by atoms with E-state index < -0.39 is 11.6 Å². The molecule has 0 bridgehead atoms. The predicted molar refractivity (Wildman–Crippen MR) is 108 cm³/mol. The lowest BCUT2D eigenvalue weighted by Crippen LogP contribution is -2.22. The van der Waals surface area contributed by atoms with Crippen LogP contribution in [0.1, 0.15) is 25.8 Å². The lowest BCUT2D eigenvalue weighted by atomic mass is 10.1. The maximum atomic E-state index is 13.3. The van der Waals surface area contributed by atoms with E-state index in [4.69, 9.17) is 10.8 Å². The fraction of sp³-hybridized carbons (Fsp3) is 0.238. The fourth-order valence-electron chi connectivity index (χ4n) is 2.28. The van der Waals surface area contributed by atoms with E-state index in [9.17, 15) is 13.6 Å². The summed E-state index contributed by atoms with van der Waals surface area (Å²) in [6, 6.07) is 13.0. The molecule has 3 aromatic rings. The predicted octanol–water partition coefficient (Wildman–Crippen LogP) is 3.84. The molecule has 0 unspecified atom stereocenters. The molecule has 0 amide bonds. The molecule has 28 heavy (non-hydrogen) atoms. The van der Waals surface area contributed by atoms with Crippen molar-refractivity contribution in [2.45, 2.75) is 26.8 Å². The topological polar surface area (TPSA) is 81.1 Å². The molecule has 1 aromatic heterocycles. The number of anilines is 1. The van der Waals surface area contributed by atoms with Crippen LogP contribution >= 0.6 is 0 Å². The van der Waals surface area contributed by atoms with Gasteiger partial charge in [-0.15, -0.1) is 0 Å². The van der Waals surface area contributed by atoms with Crippen molar-refractivity contribution < 1.29 is 13.9 Å². The third-order valence-electron chi connectivity index (χ3n) is 3.31. The van der Waals surface area contributed by atoms with Crippen molar-refractivity contribution in [1.29, 1.82) is 0 Å². The Morgan fingerprint density at radius 2 is 1.61 bits per heavy atom. The first-order valence-corrected chi connectivity index (χ1v) is 8.76. The van der Waals surface area contributed by atoms with E-state index in [1.807, 2.05) is 6.07 Å². The molecule has 0 saturated carbocycles. The zero-order valence-corrected chi connectivity index (χ0v) is 16.2. The third-order valence-corrected chi connectivity index (χ3v) is 3.31. The maximum absolute atomic E-state index is 13.3. The van der Waals surface area contributed by atoms with E-state index in [1.54, 1.807) is 18.2 Å². The molecule has 0 aliphatic heterocycles. The molecular weight excluding hydrogens is 364 g/mol. The second-order valence-corrected chi connectivity index (χ2v) is 5.82. The van der Waals surface area contributed by atoms with Crippen molar-refractivity contribution in [2.24, 2.45) is 0 Å². The van der Waals surface area contributed by atoms with Crippen molar-refractivity contribution in [3.05, 3.63) is 82.1 Å². The maximum Gasteiger partial charge on any atom is 0.267 e. The van der Waals surface area contributed by atoms with Crippen LogP contribution in [0, 0.1) is 11.6 Å². The molecule has 7 heteroatoms. The average molecular weight is 389 g/mol. The molecule has 0 aliphatic rings. The highest BCUT2D eigenvalue weighted by Crippen LogP contribution is 2.18. The largest absolute Gasteiger partial charge is 0.400 e. The Morgan fingerprint density at radius 1 is 1.00 bits per heavy atom. The molecule has 0 aliphatic carbocycles. The molecule has 0 saturated heterocycles. The van der Waals surface area contributed by atoms with E-state index in [2.05, 4.69) is 18.9 Å². The Hall–Kier alpha value is -3.06. The smallest absolute Gasteiger partial charge is 0.267 e. The van der Waals surface area contributed by atoms with Gasteiger partial charge in [0.2, 0.25) is 0 Å². The zero-order chi connectivity index (χ0) is 21.1. The van der Waals surface area contributed by atoms with Gasteiger partial charge >= 0.3 is 0 Å². The van der Waals surface area contributed by atoms with Gasteiger partial charge in [-0.3, -0.25) is 4.79 Å². The molecule has 3 rings (SSSR count). The van der Waals surface area contributed by atoms with Crippen LogP contribution in [0.4, 0.5) is 14.5 Å². The highest BCUT2D eigenvalue weighted by atomic mass is 19.1. The molecule has 0 spiro atoms. The first-order chi connectivity index (χ1) is 13.4. The Morgan fingerprint density at radius 3 is 2.18 bits per heavy atom. The number of nitrogens with zero attached hydrogens (tertiary/aromatic N) is 2. The van der Waals surface area contributed by atoms with Crippen molar-refractivity contribution in [2.75, 3.05) is 12.8 Å². The summed E-state index contributed by atoms with van der Waals surface area (Å²) in [7, 11) is 1.00. The summed E-state index contributed by atoms with van der Waals surface area (Å²) in [6.45, 7) is 4.47. The molecular formula is C21H25F2N3O2. The lowest BCUT2D eigenvalue weighted by molar-refractivity contribution is 0.399. The van der Waals surface area contributed by atoms with Gasteiger partial charge in [0.1, 0.15) is 11.6 Å². The van der Waals surface area contributed by atoms with Crippen LogP contribution in [-0.2, 0) is 6.54 Å². The number of benzene rings is 2. The van der Waals surface area contributed by atoms with Crippen LogP contribution < -0.4 is 11.3 Å². The van der Waals surface area contributed by atoms with Crippen molar-refractivity contribution in [3.63, 3.8) is 0 Å². The van der Waals surface area contributed by atoms with E-state index in [1.165, 1.54) is 35.4 Å². The Kier molecular flexibility index (Phi) is 9.53. The molecule has 1 heterocycles. The Balaban J connectivity index is 0.000000717. The average Bonchev–Trinajstić information content (AvgIpc) is 2.65.